The summed E-state index contributed by atoms with van der Waals surface area (Å²) in [4.78, 5) is 4.54. The molecule has 1 aliphatic heterocycles. The molecule has 1 N–H and O–H groups in total. The summed E-state index contributed by atoms with van der Waals surface area (Å²) in [7, 11) is 5.93. The van der Waals surface area contributed by atoms with Gasteiger partial charge in [-0.15, -0.1) is 0 Å². The molecule has 0 spiro atoms. The first-order chi connectivity index (χ1) is 11.1. The summed E-state index contributed by atoms with van der Waals surface area (Å²) in [5.74, 6) is 0. The lowest BCUT2D eigenvalue weighted by Gasteiger charge is -2.20. The van der Waals surface area contributed by atoms with Crippen molar-refractivity contribution < 1.29 is 0 Å². The molecule has 1 aromatic rings. The normalized spacial score (nSPS) is 15.3. The van der Waals surface area contributed by atoms with Gasteiger partial charge in [0.15, 0.2) is 0 Å². The van der Waals surface area contributed by atoms with Crippen molar-refractivity contribution in [3.63, 3.8) is 0 Å². The molecule has 0 unspecified atom stereocenters. The Morgan fingerprint density at radius 1 is 1.22 bits per heavy atom. The Labute approximate surface area is 140 Å². The first-order valence-corrected chi connectivity index (χ1v) is 8.27. The molecule has 126 valence electrons. The topological polar surface area (TPSA) is 34.1 Å². The van der Waals surface area contributed by atoms with Crippen molar-refractivity contribution >= 4 is 17.1 Å². The first-order valence-electron chi connectivity index (χ1n) is 8.27. The quantitative estimate of drug-likeness (QED) is 0.620. The van der Waals surface area contributed by atoms with E-state index in [0.29, 0.717) is 0 Å². The number of nitrogens with zero attached hydrogens (tertiary/aromatic N) is 4. The second-order valence-electron chi connectivity index (χ2n) is 6.09. The van der Waals surface area contributed by atoms with Crippen LogP contribution in [0.15, 0.2) is 41.8 Å². The van der Waals surface area contributed by atoms with Crippen LogP contribution in [0.1, 0.15) is 19.8 Å². The molecule has 0 radical (unpaired) electrons. The number of rotatable bonds is 7. The summed E-state index contributed by atoms with van der Waals surface area (Å²) in [6.45, 7) is 5.21. The molecule has 0 aromatic heterocycles. The monoisotopic (exact) mass is 315 g/mol. The van der Waals surface area contributed by atoms with Crippen molar-refractivity contribution in [1.29, 1.82) is 0 Å². The Balaban J connectivity index is 1.94. The highest BCUT2D eigenvalue weighted by Gasteiger charge is 2.12. The molecule has 5 heteroatoms. The Bertz CT molecular complexity index is 529. The lowest BCUT2D eigenvalue weighted by atomic mass is 10.2. The van der Waals surface area contributed by atoms with Gasteiger partial charge in [0.25, 0.3) is 0 Å². The number of nitrogens with one attached hydrogen (secondary N) is 1. The highest BCUT2D eigenvalue weighted by molar-refractivity contribution is 5.84. The minimum absolute atomic E-state index is 0.800. The van der Waals surface area contributed by atoms with Gasteiger partial charge in [0.05, 0.1) is 17.9 Å². The van der Waals surface area contributed by atoms with Crippen LogP contribution in [0, 0.1) is 0 Å². The largest absolute Gasteiger partial charge is 0.393 e. The van der Waals surface area contributed by atoms with E-state index in [0.717, 1.165) is 17.9 Å². The van der Waals surface area contributed by atoms with Crippen LogP contribution in [-0.4, -0.2) is 51.4 Å². The Kier molecular flexibility index (Phi) is 6.32. The predicted octanol–water partition coefficient (Wildman–Crippen LogP) is 2.72. The van der Waals surface area contributed by atoms with Crippen LogP contribution in [-0.2, 0) is 0 Å². The fraction of sp³-hybridized carbons (Fsp3) is 0.500. The van der Waals surface area contributed by atoms with E-state index in [9.17, 15) is 0 Å². The molecule has 0 saturated carbocycles. The highest BCUT2D eigenvalue weighted by Crippen LogP contribution is 2.23. The summed E-state index contributed by atoms with van der Waals surface area (Å²) in [6.07, 6.45) is 6.53. The minimum Gasteiger partial charge on any atom is -0.393 e. The maximum absolute atomic E-state index is 4.66. The number of benzene rings is 1. The maximum Gasteiger partial charge on any atom is 0.0592 e. The van der Waals surface area contributed by atoms with Gasteiger partial charge in [-0.2, -0.15) is 5.10 Å². The van der Waals surface area contributed by atoms with Gasteiger partial charge in [0.1, 0.15) is 0 Å². The van der Waals surface area contributed by atoms with Gasteiger partial charge < -0.3 is 15.1 Å². The molecule has 5 nitrogen and oxygen atoms in total. The van der Waals surface area contributed by atoms with E-state index in [2.05, 4.69) is 51.4 Å². The summed E-state index contributed by atoms with van der Waals surface area (Å²) in [5.41, 5.74) is 3.50. The zero-order valence-electron chi connectivity index (χ0n) is 14.8. The van der Waals surface area contributed by atoms with Crippen LogP contribution in [0.3, 0.4) is 0 Å². The van der Waals surface area contributed by atoms with E-state index in [4.69, 9.17) is 0 Å². The number of hydrogen-bond acceptors (Lipinski definition) is 5. The van der Waals surface area contributed by atoms with Crippen molar-refractivity contribution in [2.75, 3.05) is 50.7 Å². The zero-order valence-corrected chi connectivity index (χ0v) is 14.8. The van der Waals surface area contributed by atoms with E-state index < -0.39 is 0 Å². The average molecular weight is 315 g/mol. The van der Waals surface area contributed by atoms with Crippen LogP contribution in [0.25, 0.3) is 0 Å². The van der Waals surface area contributed by atoms with Crippen LogP contribution in [0.4, 0.5) is 11.4 Å². The van der Waals surface area contributed by atoms with Gasteiger partial charge in [-0.05, 0) is 44.0 Å². The smallest absolute Gasteiger partial charge is 0.0592 e. The second kappa shape index (κ2) is 8.46. The number of anilines is 2. The molecule has 1 aliphatic rings. The standard InChI is InChI=1S/C18H29N5/c1-16(15-21(3)14-11-19-2)20-22(4)17-7-9-18(10-8-17)23-12-5-6-13-23/h7-11,14,19H,5-6,12-13,15H2,1-4H3/b14-11-,20-16+. The van der Waals surface area contributed by atoms with Crippen molar-refractivity contribution in [1.82, 2.24) is 10.2 Å². The van der Waals surface area contributed by atoms with E-state index in [1.165, 1.54) is 31.6 Å². The summed E-state index contributed by atoms with van der Waals surface area (Å²) < 4.78 is 0. The van der Waals surface area contributed by atoms with Crippen LogP contribution in [0.5, 0.6) is 0 Å². The third-order valence-corrected chi connectivity index (χ3v) is 3.99. The van der Waals surface area contributed by atoms with Gasteiger partial charge >= 0.3 is 0 Å². The van der Waals surface area contributed by atoms with Gasteiger partial charge in [-0.25, -0.2) is 0 Å². The first kappa shape index (κ1) is 17.2. The molecule has 1 saturated heterocycles. The molecule has 2 rings (SSSR count). The molecule has 1 fully saturated rings. The Morgan fingerprint density at radius 3 is 2.48 bits per heavy atom. The second-order valence-corrected chi connectivity index (χ2v) is 6.09. The van der Waals surface area contributed by atoms with Crippen molar-refractivity contribution in [3.05, 3.63) is 36.7 Å². The van der Waals surface area contributed by atoms with Crippen LogP contribution >= 0.6 is 0 Å². The lowest BCUT2D eigenvalue weighted by Crippen LogP contribution is -2.22. The van der Waals surface area contributed by atoms with Crippen LogP contribution < -0.4 is 15.2 Å². The molecule has 1 aromatic carbocycles. The summed E-state index contributed by atoms with van der Waals surface area (Å²) >= 11 is 0. The van der Waals surface area contributed by atoms with E-state index >= 15 is 0 Å². The molecular formula is C18H29N5. The molecule has 1 heterocycles. The molecule has 0 bridgehead atoms. The molecular weight excluding hydrogens is 286 g/mol. The fourth-order valence-electron chi connectivity index (χ4n) is 2.82. The maximum atomic E-state index is 4.66. The molecule has 0 atom stereocenters. The van der Waals surface area contributed by atoms with E-state index in [-0.39, 0.29) is 0 Å². The fourth-order valence-corrected chi connectivity index (χ4v) is 2.82. The zero-order chi connectivity index (χ0) is 16.7. The average Bonchev–Trinajstić information content (AvgIpc) is 3.07. The lowest BCUT2D eigenvalue weighted by molar-refractivity contribution is 0.519. The number of hydrazone groups is 1. The summed E-state index contributed by atoms with van der Waals surface area (Å²) in [5, 5.41) is 9.60. The van der Waals surface area contributed by atoms with Gasteiger partial charge in [0, 0.05) is 52.3 Å². The van der Waals surface area contributed by atoms with E-state index in [1.807, 2.05) is 38.6 Å². The van der Waals surface area contributed by atoms with Crippen LogP contribution in [0.2, 0.25) is 0 Å². The van der Waals surface area contributed by atoms with Crippen molar-refractivity contribution in [3.8, 4) is 0 Å². The molecule has 0 amide bonds. The molecule has 23 heavy (non-hydrogen) atoms. The highest BCUT2D eigenvalue weighted by atomic mass is 15.4. The minimum atomic E-state index is 0.800. The third-order valence-electron chi connectivity index (χ3n) is 3.99. The third kappa shape index (κ3) is 5.20. The number of hydrogen-bond donors (Lipinski definition) is 1. The Hall–Kier alpha value is -2.17. The SMILES string of the molecule is CN/C=C\N(C)C/C(C)=N/N(C)c1ccc(N2CCCC2)cc1. The van der Waals surface area contributed by atoms with Crippen molar-refractivity contribution in [2.24, 2.45) is 5.10 Å². The van der Waals surface area contributed by atoms with E-state index in [1.54, 1.807) is 0 Å². The summed E-state index contributed by atoms with van der Waals surface area (Å²) in [6, 6.07) is 8.69. The van der Waals surface area contributed by atoms with Gasteiger partial charge in [-0.1, -0.05) is 0 Å². The van der Waals surface area contributed by atoms with Gasteiger partial charge in [0.2, 0.25) is 0 Å². The van der Waals surface area contributed by atoms with Crippen molar-refractivity contribution in [2.45, 2.75) is 19.8 Å². The van der Waals surface area contributed by atoms with Gasteiger partial charge in [-0.3, -0.25) is 5.01 Å². The predicted molar refractivity (Wildman–Crippen MR) is 100 cm³/mol. The Morgan fingerprint density at radius 2 is 1.87 bits per heavy atom. The molecule has 0 aliphatic carbocycles.